The molecule has 0 aliphatic heterocycles. The Morgan fingerprint density at radius 2 is 1.42 bits per heavy atom. The Hall–Kier alpha value is -3.80. The summed E-state index contributed by atoms with van der Waals surface area (Å²) in [5.74, 6) is -0.146. The molecule has 2 amide bonds. The summed E-state index contributed by atoms with van der Waals surface area (Å²) in [5.41, 5.74) is 3.48. The lowest BCUT2D eigenvalue weighted by Gasteiger charge is -2.23. The van der Waals surface area contributed by atoms with Crippen LogP contribution in [0.25, 0.3) is 21.8 Å². The molecule has 0 fully saturated rings. The van der Waals surface area contributed by atoms with Crippen LogP contribution in [0.3, 0.4) is 0 Å². The zero-order chi connectivity index (χ0) is 26.7. The molecular formula is C32H39N3O3. The van der Waals surface area contributed by atoms with Gasteiger partial charge < -0.3 is 19.9 Å². The zero-order valence-corrected chi connectivity index (χ0v) is 22.5. The minimum atomic E-state index is -0.612. The van der Waals surface area contributed by atoms with Gasteiger partial charge in [0.1, 0.15) is 12.6 Å². The summed E-state index contributed by atoms with van der Waals surface area (Å²) in [4.78, 5) is 25.2. The van der Waals surface area contributed by atoms with Gasteiger partial charge in [-0.05, 0) is 36.5 Å². The van der Waals surface area contributed by atoms with Gasteiger partial charge in [0.25, 0.3) is 0 Å². The van der Waals surface area contributed by atoms with Gasteiger partial charge in [-0.1, -0.05) is 99.8 Å². The van der Waals surface area contributed by atoms with Crippen molar-refractivity contribution in [2.75, 3.05) is 6.54 Å². The summed E-state index contributed by atoms with van der Waals surface area (Å²) in [6.07, 6.45) is 4.33. The van der Waals surface area contributed by atoms with Gasteiger partial charge in [0.05, 0.1) is 0 Å². The average molecular weight is 514 g/mol. The Balaban J connectivity index is 1.19. The summed E-state index contributed by atoms with van der Waals surface area (Å²) in [5, 5.41) is 8.39. The smallest absolute Gasteiger partial charge is 0.408 e. The number of ether oxygens (including phenoxy) is 1. The van der Waals surface area contributed by atoms with Crippen LogP contribution in [0.2, 0.25) is 0 Å². The van der Waals surface area contributed by atoms with Crippen molar-refractivity contribution in [3.05, 3.63) is 84.4 Å². The lowest BCUT2D eigenvalue weighted by atomic mass is 9.98. The van der Waals surface area contributed by atoms with Crippen molar-refractivity contribution in [1.29, 1.82) is 0 Å². The number of rotatable bonds is 13. The van der Waals surface area contributed by atoms with Gasteiger partial charge in [-0.2, -0.15) is 0 Å². The standard InChI is InChI=1S/C32H39N3O3/c1-3-24(2)30(34-32(37)38-23-25-15-7-6-8-16-25)31(36)33-21-13-4-5-14-22-35-28-19-11-9-17-26(28)27-18-10-12-20-29(27)35/h6-12,15-20,24,30H,3-5,13-14,21-23H2,1-2H3,(H,33,36)(H,34,37)/t24-,30-/m0/s1. The van der Waals surface area contributed by atoms with Crippen molar-refractivity contribution < 1.29 is 14.3 Å². The highest BCUT2D eigenvalue weighted by molar-refractivity contribution is 6.07. The number of nitrogens with one attached hydrogen (secondary N) is 2. The molecule has 3 aromatic carbocycles. The SMILES string of the molecule is CC[C@H](C)[C@H](NC(=O)OCc1ccccc1)C(=O)NCCCCCCn1c2ccccc2c2ccccc21. The van der Waals surface area contributed by atoms with Crippen molar-refractivity contribution in [3.8, 4) is 0 Å². The molecule has 38 heavy (non-hydrogen) atoms. The summed E-state index contributed by atoms with van der Waals surface area (Å²) < 4.78 is 7.75. The number of aryl methyl sites for hydroxylation is 1. The van der Waals surface area contributed by atoms with E-state index in [0.717, 1.165) is 44.2 Å². The molecule has 0 bridgehead atoms. The number of carbonyl (C=O) groups excluding carboxylic acids is 2. The third-order valence-electron chi connectivity index (χ3n) is 7.27. The van der Waals surface area contributed by atoms with Gasteiger partial charge in [-0.15, -0.1) is 0 Å². The molecule has 6 nitrogen and oxygen atoms in total. The fraction of sp³-hybridized carbons (Fsp3) is 0.375. The van der Waals surface area contributed by atoms with Crippen LogP contribution in [0, 0.1) is 5.92 Å². The number of hydrogen-bond donors (Lipinski definition) is 2. The Kier molecular flexibility index (Phi) is 9.79. The highest BCUT2D eigenvalue weighted by Gasteiger charge is 2.26. The molecular weight excluding hydrogens is 474 g/mol. The number of amides is 2. The van der Waals surface area contributed by atoms with Crippen molar-refractivity contribution in [3.63, 3.8) is 0 Å². The van der Waals surface area contributed by atoms with Crippen LogP contribution >= 0.6 is 0 Å². The second-order valence-electron chi connectivity index (χ2n) is 9.96. The lowest BCUT2D eigenvalue weighted by molar-refractivity contribution is -0.124. The predicted octanol–water partition coefficient (Wildman–Crippen LogP) is 6.81. The topological polar surface area (TPSA) is 72.4 Å². The number of nitrogens with zero attached hydrogens (tertiary/aromatic N) is 1. The van der Waals surface area contributed by atoms with Gasteiger partial charge in [0.15, 0.2) is 0 Å². The van der Waals surface area contributed by atoms with Crippen molar-refractivity contribution >= 4 is 33.8 Å². The van der Waals surface area contributed by atoms with E-state index in [2.05, 4.69) is 63.7 Å². The number of para-hydroxylation sites is 2. The Bertz CT molecular complexity index is 1280. The predicted molar refractivity (Wildman–Crippen MR) is 154 cm³/mol. The highest BCUT2D eigenvalue weighted by atomic mass is 16.5. The fourth-order valence-corrected chi connectivity index (χ4v) is 4.91. The molecule has 0 aliphatic rings. The summed E-state index contributed by atoms with van der Waals surface area (Å²) in [7, 11) is 0. The molecule has 6 heteroatoms. The maximum Gasteiger partial charge on any atom is 0.408 e. The van der Waals surface area contributed by atoms with E-state index in [1.165, 1.54) is 21.8 Å². The van der Waals surface area contributed by atoms with Gasteiger partial charge in [0, 0.05) is 34.9 Å². The number of alkyl carbamates (subject to hydrolysis) is 1. The molecule has 4 rings (SSSR count). The maximum atomic E-state index is 12.9. The van der Waals surface area contributed by atoms with E-state index >= 15 is 0 Å². The van der Waals surface area contributed by atoms with Gasteiger partial charge in [0.2, 0.25) is 5.91 Å². The first-order valence-corrected chi connectivity index (χ1v) is 13.8. The molecule has 2 atom stereocenters. The van der Waals surface area contributed by atoms with Crippen LogP contribution in [0.15, 0.2) is 78.9 Å². The molecule has 2 N–H and O–H groups in total. The van der Waals surface area contributed by atoms with E-state index < -0.39 is 12.1 Å². The molecule has 1 heterocycles. The van der Waals surface area contributed by atoms with Crippen LogP contribution in [-0.2, 0) is 22.7 Å². The van der Waals surface area contributed by atoms with E-state index in [-0.39, 0.29) is 18.4 Å². The number of fused-ring (bicyclic) bond motifs is 3. The first kappa shape index (κ1) is 27.2. The normalized spacial score (nSPS) is 12.8. The quantitative estimate of drug-likeness (QED) is 0.193. The van der Waals surface area contributed by atoms with Crippen LogP contribution in [-0.4, -0.2) is 29.2 Å². The molecule has 0 aliphatic carbocycles. The number of unbranched alkanes of at least 4 members (excludes halogenated alkanes) is 3. The molecule has 0 radical (unpaired) electrons. The average Bonchev–Trinajstić information content (AvgIpc) is 3.28. The minimum Gasteiger partial charge on any atom is -0.445 e. The Labute approximate surface area is 225 Å². The number of benzene rings is 3. The van der Waals surface area contributed by atoms with Gasteiger partial charge in [-0.3, -0.25) is 4.79 Å². The van der Waals surface area contributed by atoms with Crippen LogP contribution in [0.4, 0.5) is 4.79 Å². The summed E-state index contributed by atoms with van der Waals surface area (Å²) in [6, 6.07) is 26.1. The fourth-order valence-electron chi connectivity index (χ4n) is 4.91. The molecule has 0 saturated carbocycles. The minimum absolute atomic E-state index is 0.00508. The van der Waals surface area contributed by atoms with Crippen molar-refractivity contribution in [1.82, 2.24) is 15.2 Å². The zero-order valence-electron chi connectivity index (χ0n) is 22.5. The maximum absolute atomic E-state index is 12.9. The van der Waals surface area contributed by atoms with Crippen molar-refractivity contribution in [2.24, 2.45) is 5.92 Å². The lowest BCUT2D eigenvalue weighted by Crippen LogP contribution is -2.50. The van der Waals surface area contributed by atoms with Gasteiger partial charge in [-0.25, -0.2) is 4.79 Å². The second-order valence-corrected chi connectivity index (χ2v) is 9.96. The van der Waals surface area contributed by atoms with Gasteiger partial charge >= 0.3 is 6.09 Å². The number of hydrogen-bond acceptors (Lipinski definition) is 3. The molecule has 1 aromatic heterocycles. The summed E-state index contributed by atoms with van der Waals surface area (Å²) >= 11 is 0. The Morgan fingerprint density at radius 3 is 2.08 bits per heavy atom. The first-order valence-electron chi connectivity index (χ1n) is 13.8. The number of carbonyl (C=O) groups is 2. The molecule has 0 spiro atoms. The molecule has 4 aromatic rings. The molecule has 0 unspecified atom stereocenters. The van der Waals surface area contributed by atoms with Crippen LogP contribution in [0.5, 0.6) is 0 Å². The van der Waals surface area contributed by atoms with E-state index in [4.69, 9.17) is 4.74 Å². The van der Waals surface area contributed by atoms with Crippen molar-refractivity contribution in [2.45, 2.75) is 65.1 Å². The monoisotopic (exact) mass is 513 g/mol. The largest absolute Gasteiger partial charge is 0.445 e. The van der Waals surface area contributed by atoms with E-state index in [0.29, 0.717) is 6.54 Å². The first-order chi connectivity index (χ1) is 18.6. The molecule has 200 valence electrons. The summed E-state index contributed by atoms with van der Waals surface area (Å²) in [6.45, 7) is 5.74. The van der Waals surface area contributed by atoms with E-state index in [1.54, 1.807) is 0 Å². The van der Waals surface area contributed by atoms with E-state index in [1.807, 2.05) is 44.2 Å². The van der Waals surface area contributed by atoms with E-state index in [9.17, 15) is 9.59 Å². The second kappa shape index (κ2) is 13.7. The van der Waals surface area contributed by atoms with Crippen LogP contribution in [0.1, 0.15) is 51.5 Å². The highest BCUT2D eigenvalue weighted by Crippen LogP contribution is 2.29. The van der Waals surface area contributed by atoms with Crippen LogP contribution < -0.4 is 10.6 Å². The third-order valence-corrected chi connectivity index (χ3v) is 7.27. The molecule has 0 saturated heterocycles. The number of aromatic nitrogens is 1. The third kappa shape index (κ3) is 6.94. The Morgan fingerprint density at radius 1 is 0.816 bits per heavy atom.